The van der Waals surface area contributed by atoms with Crippen LogP contribution < -0.4 is 4.90 Å². The number of carbonyl (C=O) groups is 1. The van der Waals surface area contributed by atoms with Crippen molar-refractivity contribution < 1.29 is 14.1 Å². The van der Waals surface area contributed by atoms with E-state index >= 15 is 0 Å². The van der Waals surface area contributed by atoms with Gasteiger partial charge in [0.1, 0.15) is 11.5 Å². The number of rotatable bonds is 2. The Morgan fingerprint density at radius 1 is 1.27 bits per heavy atom. The molecule has 2 aromatic heterocycles. The van der Waals surface area contributed by atoms with E-state index in [1.807, 2.05) is 11.4 Å². The van der Waals surface area contributed by atoms with Gasteiger partial charge in [-0.2, -0.15) is 0 Å². The summed E-state index contributed by atoms with van der Waals surface area (Å²) in [4.78, 5) is 29.9. The lowest BCUT2D eigenvalue weighted by molar-refractivity contribution is -0.384. The van der Waals surface area contributed by atoms with E-state index in [0.717, 1.165) is 16.6 Å². The van der Waals surface area contributed by atoms with Gasteiger partial charge in [-0.3, -0.25) is 19.9 Å². The van der Waals surface area contributed by atoms with Crippen LogP contribution in [0.5, 0.6) is 0 Å². The zero-order valence-corrected chi connectivity index (χ0v) is 14.2. The van der Waals surface area contributed by atoms with E-state index < -0.39 is 10.7 Å². The molecule has 0 fully saturated rings. The zero-order valence-electron chi connectivity index (χ0n) is 13.4. The zero-order chi connectivity index (χ0) is 18.3. The molecular weight excluding hydrogens is 357 g/mol. The molecule has 1 amide bonds. The first-order valence-electron chi connectivity index (χ1n) is 7.83. The average molecular weight is 369 g/mol. The minimum atomic E-state index is -0.523. The lowest BCUT2D eigenvalue weighted by Gasteiger charge is -2.22. The van der Waals surface area contributed by atoms with Crippen molar-refractivity contribution in [2.75, 3.05) is 11.4 Å². The summed E-state index contributed by atoms with van der Waals surface area (Å²) in [6.45, 7) is 0.373. The third-order valence-electron chi connectivity index (χ3n) is 4.26. The predicted octanol–water partition coefficient (Wildman–Crippen LogP) is 4.06. The highest BCUT2D eigenvalue weighted by molar-refractivity contribution is 7.13. The highest BCUT2D eigenvalue weighted by Gasteiger charge is 2.27. The number of amides is 1. The van der Waals surface area contributed by atoms with Gasteiger partial charge in [0.05, 0.1) is 21.7 Å². The van der Waals surface area contributed by atoms with E-state index in [4.69, 9.17) is 0 Å². The number of fused-ring (bicyclic) bond motifs is 3. The Hall–Kier alpha value is -3.13. The molecule has 8 heteroatoms. The molecule has 3 heterocycles. The molecule has 1 aliphatic heterocycles. The number of anilines is 1. The van der Waals surface area contributed by atoms with Gasteiger partial charge in [-0.1, -0.05) is 0 Å². The summed E-state index contributed by atoms with van der Waals surface area (Å²) in [5, 5.41) is 12.7. The number of nitrogens with zero attached hydrogens (tertiary/aromatic N) is 3. The molecule has 4 rings (SSSR count). The fourth-order valence-electron chi connectivity index (χ4n) is 2.99. The number of benzene rings is 1. The van der Waals surface area contributed by atoms with Gasteiger partial charge in [-0.15, -0.1) is 11.3 Å². The molecule has 0 N–H and O–H groups in total. The lowest BCUT2D eigenvalue weighted by atomic mass is 10.1. The Kier molecular flexibility index (Phi) is 3.96. The molecule has 1 aliphatic rings. The van der Waals surface area contributed by atoms with Crippen molar-refractivity contribution in [3.05, 3.63) is 75.0 Å². The van der Waals surface area contributed by atoms with Crippen LogP contribution in [-0.2, 0) is 6.42 Å². The van der Waals surface area contributed by atoms with E-state index in [2.05, 4.69) is 4.98 Å². The Morgan fingerprint density at radius 3 is 2.77 bits per heavy atom. The Balaban J connectivity index is 1.77. The minimum Gasteiger partial charge on any atom is -0.306 e. The predicted molar refractivity (Wildman–Crippen MR) is 96.0 cm³/mol. The first kappa shape index (κ1) is 16.3. The first-order valence-corrected chi connectivity index (χ1v) is 8.71. The third kappa shape index (κ3) is 2.74. The number of non-ortho nitro benzene ring substituents is 1. The molecule has 6 nitrogen and oxygen atoms in total. The maximum Gasteiger partial charge on any atom is 0.269 e. The number of hydrogen-bond donors (Lipinski definition) is 0. The highest BCUT2D eigenvalue weighted by Crippen LogP contribution is 2.39. The van der Waals surface area contributed by atoms with Crippen LogP contribution in [0.2, 0.25) is 0 Å². The number of pyridine rings is 1. The van der Waals surface area contributed by atoms with Crippen molar-refractivity contribution in [2.45, 2.75) is 6.42 Å². The maximum atomic E-state index is 13.8. The molecule has 0 unspecified atom stereocenters. The van der Waals surface area contributed by atoms with E-state index in [9.17, 15) is 19.3 Å². The van der Waals surface area contributed by atoms with Gasteiger partial charge < -0.3 is 4.90 Å². The summed E-state index contributed by atoms with van der Waals surface area (Å²) in [5.74, 6) is -0.867. The second-order valence-electron chi connectivity index (χ2n) is 5.81. The third-order valence-corrected chi connectivity index (χ3v) is 5.23. The first-order chi connectivity index (χ1) is 12.5. The Bertz CT molecular complexity index is 1020. The number of nitro groups is 1. The topological polar surface area (TPSA) is 76.3 Å². The van der Waals surface area contributed by atoms with Crippen LogP contribution in [-0.4, -0.2) is 22.4 Å². The van der Waals surface area contributed by atoms with Gasteiger partial charge in [0.25, 0.3) is 11.6 Å². The molecule has 0 aliphatic carbocycles. The molecule has 0 saturated carbocycles. The molecule has 0 atom stereocenters. The molecule has 0 radical (unpaired) electrons. The van der Waals surface area contributed by atoms with E-state index in [1.165, 1.54) is 46.6 Å². The molecule has 1 aromatic carbocycles. The SMILES string of the molecule is O=C(c1ccc([N+](=O)[O-])cc1)N1CCc2ccsc2-c2ncc(F)cc21. The number of thiophene rings is 1. The van der Waals surface area contributed by atoms with Crippen LogP contribution in [0.4, 0.5) is 15.8 Å². The number of carbonyl (C=O) groups excluding carboxylic acids is 1. The molecule has 0 saturated heterocycles. The van der Waals surface area contributed by atoms with Crippen LogP contribution in [0, 0.1) is 15.9 Å². The summed E-state index contributed by atoms with van der Waals surface area (Å²) >= 11 is 1.50. The summed E-state index contributed by atoms with van der Waals surface area (Å²) < 4.78 is 13.8. The van der Waals surface area contributed by atoms with Crippen molar-refractivity contribution in [1.29, 1.82) is 0 Å². The van der Waals surface area contributed by atoms with E-state index in [1.54, 1.807) is 0 Å². The molecule has 0 bridgehead atoms. The lowest BCUT2D eigenvalue weighted by Crippen LogP contribution is -2.32. The number of halogens is 1. The number of aromatic nitrogens is 1. The van der Waals surface area contributed by atoms with Crippen LogP contribution in [0.3, 0.4) is 0 Å². The molecular formula is C18H12FN3O3S. The summed E-state index contributed by atoms with van der Waals surface area (Å²) in [6.07, 6.45) is 1.76. The fraction of sp³-hybridized carbons (Fsp3) is 0.111. The molecule has 3 aromatic rings. The van der Waals surface area contributed by atoms with Gasteiger partial charge in [0.15, 0.2) is 0 Å². The van der Waals surface area contributed by atoms with Crippen molar-refractivity contribution in [2.24, 2.45) is 0 Å². The van der Waals surface area contributed by atoms with Gasteiger partial charge in [-0.05, 0) is 35.6 Å². The molecule has 26 heavy (non-hydrogen) atoms. The standard InChI is InChI=1S/C18H12FN3O3S/c19-13-9-15-16(20-10-13)17-11(6-8-26-17)5-7-21(15)18(23)12-1-3-14(4-2-12)22(24)25/h1-4,6,8-10H,5,7H2. The quantitative estimate of drug-likeness (QED) is 0.504. The normalized spacial score (nSPS) is 12.9. The van der Waals surface area contributed by atoms with Gasteiger partial charge in [-0.25, -0.2) is 4.39 Å². The van der Waals surface area contributed by atoms with Crippen molar-refractivity contribution in [3.8, 4) is 10.6 Å². The van der Waals surface area contributed by atoms with Crippen LogP contribution >= 0.6 is 11.3 Å². The van der Waals surface area contributed by atoms with Crippen LogP contribution in [0.25, 0.3) is 10.6 Å². The number of hydrogen-bond acceptors (Lipinski definition) is 5. The smallest absolute Gasteiger partial charge is 0.269 e. The summed E-state index contributed by atoms with van der Waals surface area (Å²) in [5.41, 5.74) is 2.26. The highest BCUT2D eigenvalue weighted by atomic mass is 32.1. The summed E-state index contributed by atoms with van der Waals surface area (Å²) in [7, 11) is 0. The molecule has 0 spiro atoms. The van der Waals surface area contributed by atoms with Gasteiger partial charge in [0, 0.05) is 30.3 Å². The van der Waals surface area contributed by atoms with E-state index in [-0.39, 0.29) is 11.6 Å². The average Bonchev–Trinajstić information content (AvgIpc) is 3.05. The number of nitro benzene ring substituents is 1. The van der Waals surface area contributed by atoms with Gasteiger partial charge in [0.2, 0.25) is 0 Å². The Morgan fingerprint density at radius 2 is 2.04 bits per heavy atom. The largest absolute Gasteiger partial charge is 0.306 e. The van der Waals surface area contributed by atoms with Crippen LogP contribution in [0.15, 0.2) is 48.0 Å². The van der Waals surface area contributed by atoms with Crippen molar-refractivity contribution in [1.82, 2.24) is 4.98 Å². The fourth-order valence-corrected chi connectivity index (χ4v) is 3.95. The van der Waals surface area contributed by atoms with Gasteiger partial charge >= 0.3 is 0 Å². The second kappa shape index (κ2) is 6.30. The Labute approximate surface area is 151 Å². The van der Waals surface area contributed by atoms with Crippen molar-refractivity contribution >= 4 is 28.6 Å². The second-order valence-corrected chi connectivity index (χ2v) is 6.72. The molecule has 130 valence electrons. The maximum absolute atomic E-state index is 13.8. The monoisotopic (exact) mass is 369 g/mol. The van der Waals surface area contributed by atoms with Crippen LogP contribution in [0.1, 0.15) is 15.9 Å². The minimum absolute atomic E-state index is 0.0901. The van der Waals surface area contributed by atoms with Crippen molar-refractivity contribution in [3.63, 3.8) is 0 Å². The van der Waals surface area contributed by atoms with E-state index in [0.29, 0.717) is 29.9 Å². The summed E-state index contributed by atoms with van der Waals surface area (Å²) in [6, 6.07) is 8.68.